The number of anilines is 2. The van der Waals surface area contributed by atoms with Gasteiger partial charge < -0.3 is 15.4 Å². The Labute approximate surface area is 192 Å². The Balaban J connectivity index is 1.62. The summed E-state index contributed by atoms with van der Waals surface area (Å²) in [7, 11) is 0. The molecule has 5 nitrogen and oxygen atoms in total. The first-order chi connectivity index (χ1) is 15.6. The molecule has 4 rings (SSSR count). The number of para-hydroxylation sites is 2. The highest BCUT2D eigenvalue weighted by Crippen LogP contribution is 2.29. The van der Waals surface area contributed by atoms with E-state index in [-0.39, 0.29) is 5.91 Å². The molecule has 0 spiro atoms. The van der Waals surface area contributed by atoms with Crippen molar-refractivity contribution in [3.05, 3.63) is 94.8 Å². The molecule has 0 aliphatic heterocycles. The van der Waals surface area contributed by atoms with Crippen LogP contribution in [0.1, 0.15) is 23.5 Å². The highest BCUT2D eigenvalue weighted by molar-refractivity contribution is 7.09. The van der Waals surface area contributed by atoms with Crippen LogP contribution < -0.4 is 15.4 Å². The lowest BCUT2D eigenvalue weighted by atomic mass is 10.0. The fourth-order valence-corrected chi connectivity index (χ4v) is 4.05. The van der Waals surface area contributed by atoms with Crippen molar-refractivity contribution in [2.45, 2.75) is 19.9 Å². The normalized spacial score (nSPS) is 11.6. The van der Waals surface area contributed by atoms with Crippen LogP contribution in [0.3, 0.4) is 0 Å². The second-order valence-electron chi connectivity index (χ2n) is 7.24. The maximum atomic E-state index is 13.4. The zero-order valence-corrected chi connectivity index (χ0v) is 18.9. The Morgan fingerprint density at radius 3 is 2.56 bits per heavy atom. The topological polar surface area (TPSA) is 63.2 Å². The van der Waals surface area contributed by atoms with E-state index < -0.39 is 6.04 Å². The molecule has 1 atom stereocenters. The number of aromatic nitrogens is 1. The number of rotatable bonds is 8. The Morgan fingerprint density at radius 2 is 1.81 bits per heavy atom. The standard InChI is InChI=1S/C26H25N3O2S/c1-3-31-24-15-8-7-14-22(24)29-26(30)25(19-10-5-4-6-11-19)28-21-13-9-12-20(16-21)23-17-32-18(2)27-23/h4-17,25,28H,3H2,1-2H3,(H,29,30)/t25-/m1/s1. The SMILES string of the molecule is CCOc1ccccc1NC(=O)[C@H](Nc1cccc(-c2csc(C)n2)c1)c1ccccc1. The molecule has 0 radical (unpaired) electrons. The zero-order valence-electron chi connectivity index (χ0n) is 18.0. The van der Waals surface area contributed by atoms with Crippen molar-refractivity contribution >= 4 is 28.6 Å². The summed E-state index contributed by atoms with van der Waals surface area (Å²) in [5.41, 5.74) is 4.30. The quantitative estimate of drug-likeness (QED) is 0.335. The van der Waals surface area contributed by atoms with Crippen LogP contribution in [0.25, 0.3) is 11.3 Å². The van der Waals surface area contributed by atoms with E-state index in [1.165, 1.54) is 0 Å². The van der Waals surface area contributed by atoms with E-state index in [9.17, 15) is 4.79 Å². The molecule has 0 bridgehead atoms. The van der Waals surface area contributed by atoms with Gasteiger partial charge in [-0.15, -0.1) is 11.3 Å². The number of amides is 1. The Hall–Kier alpha value is -3.64. The van der Waals surface area contributed by atoms with E-state index in [4.69, 9.17) is 4.74 Å². The van der Waals surface area contributed by atoms with E-state index in [0.29, 0.717) is 18.0 Å². The minimum Gasteiger partial charge on any atom is -0.492 e. The fourth-order valence-electron chi connectivity index (χ4n) is 3.43. The number of nitrogens with one attached hydrogen (secondary N) is 2. The Bertz CT molecular complexity index is 1190. The van der Waals surface area contributed by atoms with Gasteiger partial charge in [-0.25, -0.2) is 4.98 Å². The first kappa shape index (κ1) is 21.6. The molecule has 1 aromatic heterocycles. The molecule has 1 amide bonds. The Morgan fingerprint density at radius 1 is 1.03 bits per heavy atom. The summed E-state index contributed by atoms with van der Waals surface area (Å²) in [5, 5.41) is 9.50. The number of aryl methyl sites for hydroxylation is 1. The average Bonchev–Trinajstić information content (AvgIpc) is 3.26. The van der Waals surface area contributed by atoms with Crippen molar-refractivity contribution < 1.29 is 9.53 Å². The summed E-state index contributed by atoms with van der Waals surface area (Å²) < 4.78 is 5.67. The van der Waals surface area contributed by atoms with Crippen molar-refractivity contribution in [1.82, 2.24) is 4.98 Å². The van der Waals surface area contributed by atoms with Gasteiger partial charge in [-0.3, -0.25) is 4.79 Å². The van der Waals surface area contributed by atoms with Gasteiger partial charge in [-0.1, -0.05) is 54.6 Å². The molecule has 1 heterocycles. The summed E-state index contributed by atoms with van der Waals surface area (Å²) in [5.74, 6) is 0.481. The number of benzene rings is 3. The van der Waals surface area contributed by atoms with Crippen molar-refractivity contribution in [1.29, 1.82) is 0 Å². The molecule has 0 saturated heterocycles. The van der Waals surface area contributed by atoms with Gasteiger partial charge in [0.2, 0.25) is 0 Å². The van der Waals surface area contributed by atoms with E-state index >= 15 is 0 Å². The van der Waals surface area contributed by atoms with Gasteiger partial charge in [0.1, 0.15) is 11.8 Å². The third kappa shape index (κ3) is 5.15. The lowest BCUT2D eigenvalue weighted by Crippen LogP contribution is -2.27. The lowest BCUT2D eigenvalue weighted by molar-refractivity contribution is -0.117. The van der Waals surface area contributed by atoms with Gasteiger partial charge in [0.05, 0.1) is 23.0 Å². The van der Waals surface area contributed by atoms with Gasteiger partial charge in [0, 0.05) is 16.6 Å². The summed E-state index contributed by atoms with van der Waals surface area (Å²) in [6.07, 6.45) is 0. The predicted octanol–water partition coefficient (Wildman–Crippen LogP) is 6.31. The van der Waals surface area contributed by atoms with Gasteiger partial charge in [-0.2, -0.15) is 0 Å². The molecule has 0 saturated carbocycles. The van der Waals surface area contributed by atoms with Gasteiger partial charge >= 0.3 is 0 Å². The second-order valence-corrected chi connectivity index (χ2v) is 8.30. The molecule has 4 aromatic rings. The van der Waals surface area contributed by atoms with Gasteiger partial charge in [0.15, 0.2) is 0 Å². The number of thiazole rings is 1. The van der Waals surface area contributed by atoms with Crippen molar-refractivity contribution in [3.8, 4) is 17.0 Å². The average molecular weight is 444 g/mol. The summed E-state index contributed by atoms with van der Waals surface area (Å²) in [4.78, 5) is 18.0. The van der Waals surface area contributed by atoms with Crippen LogP contribution >= 0.6 is 11.3 Å². The molecular formula is C26H25N3O2S. The van der Waals surface area contributed by atoms with Crippen LogP contribution in [0.2, 0.25) is 0 Å². The maximum absolute atomic E-state index is 13.4. The molecule has 3 aromatic carbocycles. The molecular weight excluding hydrogens is 418 g/mol. The number of carbonyl (C=O) groups excluding carboxylic acids is 1. The molecule has 0 aliphatic rings. The second kappa shape index (κ2) is 10.1. The van der Waals surface area contributed by atoms with E-state index in [2.05, 4.69) is 15.6 Å². The zero-order chi connectivity index (χ0) is 22.3. The number of hydrogen-bond donors (Lipinski definition) is 2. The third-order valence-electron chi connectivity index (χ3n) is 4.93. The van der Waals surface area contributed by atoms with Gasteiger partial charge in [0.25, 0.3) is 5.91 Å². The summed E-state index contributed by atoms with van der Waals surface area (Å²) in [6, 6.07) is 24.5. The fraction of sp³-hybridized carbons (Fsp3) is 0.154. The first-order valence-electron chi connectivity index (χ1n) is 10.5. The molecule has 2 N–H and O–H groups in total. The number of ether oxygens (including phenoxy) is 1. The highest BCUT2D eigenvalue weighted by Gasteiger charge is 2.22. The molecule has 0 aliphatic carbocycles. The Kier molecular flexibility index (Phi) is 6.82. The van der Waals surface area contributed by atoms with Crippen LogP contribution in [-0.2, 0) is 4.79 Å². The van der Waals surface area contributed by atoms with E-state index in [1.54, 1.807) is 11.3 Å². The summed E-state index contributed by atoms with van der Waals surface area (Å²) in [6.45, 7) is 4.44. The molecule has 0 fully saturated rings. The van der Waals surface area contributed by atoms with Crippen molar-refractivity contribution in [3.63, 3.8) is 0 Å². The van der Waals surface area contributed by atoms with Crippen LogP contribution in [-0.4, -0.2) is 17.5 Å². The number of hydrogen-bond acceptors (Lipinski definition) is 5. The molecule has 0 unspecified atom stereocenters. The lowest BCUT2D eigenvalue weighted by Gasteiger charge is -2.21. The van der Waals surface area contributed by atoms with Crippen molar-refractivity contribution in [2.75, 3.05) is 17.2 Å². The highest BCUT2D eigenvalue weighted by atomic mass is 32.1. The molecule has 32 heavy (non-hydrogen) atoms. The predicted molar refractivity (Wildman–Crippen MR) is 131 cm³/mol. The monoisotopic (exact) mass is 443 g/mol. The number of nitrogens with zero attached hydrogens (tertiary/aromatic N) is 1. The van der Waals surface area contributed by atoms with Gasteiger partial charge in [-0.05, 0) is 43.7 Å². The minimum absolute atomic E-state index is 0.168. The summed E-state index contributed by atoms with van der Waals surface area (Å²) >= 11 is 1.62. The molecule has 162 valence electrons. The van der Waals surface area contributed by atoms with Crippen LogP contribution in [0, 0.1) is 6.92 Å². The van der Waals surface area contributed by atoms with Crippen molar-refractivity contribution in [2.24, 2.45) is 0 Å². The first-order valence-corrected chi connectivity index (χ1v) is 11.4. The third-order valence-corrected chi connectivity index (χ3v) is 5.70. The maximum Gasteiger partial charge on any atom is 0.251 e. The van der Waals surface area contributed by atoms with Crippen LogP contribution in [0.5, 0.6) is 5.75 Å². The van der Waals surface area contributed by atoms with Crippen LogP contribution in [0.15, 0.2) is 84.2 Å². The minimum atomic E-state index is -0.585. The molecule has 6 heteroatoms. The number of carbonyl (C=O) groups is 1. The van der Waals surface area contributed by atoms with E-state index in [1.807, 2.05) is 98.1 Å². The van der Waals surface area contributed by atoms with Crippen LogP contribution in [0.4, 0.5) is 11.4 Å². The smallest absolute Gasteiger partial charge is 0.251 e. The largest absolute Gasteiger partial charge is 0.492 e. The van der Waals surface area contributed by atoms with E-state index in [0.717, 1.165) is 27.5 Å².